The van der Waals surface area contributed by atoms with Gasteiger partial charge in [-0.1, -0.05) is 13.3 Å². The molecule has 0 aliphatic heterocycles. The highest BCUT2D eigenvalue weighted by Crippen LogP contribution is 1.93. The monoisotopic (exact) mass is 222 g/mol. The second-order valence-electron chi connectivity index (χ2n) is 3.01. The van der Waals surface area contributed by atoms with Gasteiger partial charge >= 0.3 is 11.9 Å². The van der Waals surface area contributed by atoms with Crippen LogP contribution < -0.4 is 0 Å². The Kier molecular flexibility index (Phi) is 11.9. The zero-order chi connectivity index (χ0) is 12.3. The van der Waals surface area contributed by atoms with E-state index in [9.17, 15) is 9.59 Å². The SMILES string of the molecule is CC(O)CC(=O)O.CCCCC(=O)OO. The van der Waals surface area contributed by atoms with Crippen LogP contribution in [0.4, 0.5) is 0 Å². The minimum Gasteiger partial charge on any atom is -0.481 e. The van der Waals surface area contributed by atoms with Gasteiger partial charge in [0.15, 0.2) is 0 Å². The molecule has 6 heteroatoms. The lowest BCUT2D eigenvalue weighted by atomic mass is 10.3. The van der Waals surface area contributed by atoms with E-state index in [0.29, 0.717) is 6.42 Å². The number of carboxylic acid groups (broad SMARTS) is 1. The zero-order valence-electron chi connectivity index (χ0n) is 8.97. The van der Waals surface area contributed by atoms with Crippen LogP contribution in [-0.4, -0.2) is 33.5 Å². The average Bonchev–Trinajstić information content (AvgIpc) is 2.12. The van der Waals surface area contributed by atoms with Crippen molar-refractivity contribution >= 4 is 11.9 Å². The fourth-order valence-electron chi connectivity index (χ4n) is 0.619. The first kappa shape index (κ1) is 16.3. The molecule has 6 nitrogen and oxygen atoms in total. The molecule has 0 rings (SSSR count). The Bertz CT molecular complexity index is 177. The Labute approximate surface area is 88.4 Å². The second-order valence-corrected chi connectivity index (χ2v) is 3.01. The van der Waals surface area contributed by atoms with E-state index in [1.807, 2.05) is 6.92 Å². The molecule has 0 fully saturated rings. The fourth-order valence-corrected chi connectivity index (χ4v) is 0.619. The van der Waals surface area contributed by atoms with Gasteiger partial charge in [0.1, 0.15) is 0 Å². The van der Waals surface area contributed by atoms with Crippen molar-refractivity contribution in [1.82, 2.24) is 0 Å². The highest BCUT2D eigenvalue weighted by Gasteiger charge is 2.00. The topological polar surface area (TPSA) is 104 Å². The standard InChI is InChI=1S/C5H10O3.C4H8O3/c1-2-3-4-5(6)8-7;1-3(5)2-4(6)7/h7H,2-4H2,1H3;3,5H,2H2,1H3,(H,6,7). The maximum Gasteiger partial charge on any atom is 0.342 e. The molecule has 0 aliphatic rings. The van der Waals surface area contributed by atoms with E-state index in [-0.39, 0.29) is 6.42 Å². The van der Waals surface area contributed by atoms with Gasteiger partial charge in [-0.2, -0.15) is 5.26 Å². The van der Waals surface area contributed by atoms with Gasteiger partial charge in [0, 0.05) is 6.42 Å². The summed E-state index contributed by atoms with van der Waals surface area (Å²) in [5, 5.41) is 24.0. The number of hydrogen-bond donors (Lipinski definition) is 3. The van der Waals surface area contributed by atoms with Crippen molar-refractivity contribution in [3.05, 3.63) is 0 Å². The van der Waals surface area contributed by atoms with E-state index < -0.39 is 18.0 Å². The maximum absolute atomic E-state index is 10.1. The summed E-state index contributed by atoms with van der Waals surface area (Å²) in [6, 6.07) is 0. The van der Waals surface area contributed by atoms with Crippen molar-refractivity contribution in [1.29, 1.82) is 0 Å². The third kappa shape index (κ3) is 19.3. The lowest BCUT2D eigenvalue weighted by Crippen LogP contribution is -2.07. The number of unbranched alkanes of at least 4 members (excludes halogenated alkanes) is 1. The molecule has 90 valence electrons. The molecular weight excluding hydrogens is 204 g/mol. The number of carbonyl (C=O) groups excluding carboxylic acids is 1. The van der Waals surface area contributed by atoms with E-state index in [1.54, 1.807) is 0 Å². The molecule has 15 heavy (non-hydrogen) atoms. The summed E-state index contributed by atoms with van der Waals surface area (Å²) >= 11 is 0. The first-order valence-corrected chi connectivity index (χ1v) is 4.68. The molecular formula is C9H18O6. The molecule has 0 aliphatic carbocycles. The minimum absolute atomic E-state index is 0.167. The lowest BCUT2D eigenvalue weighted by molar-refractivity contribution is -0.234. The molecule has 0 aromatic carbocycles. The van der Waals surface area contributed by atoms with Crippen LogP contribution in [0, 0.1) is 0 Å². The smallest absolute Gasteiger partial charge is 0.342 e. The molecule has 0 bridgehead atoms. The van der Waals surface area contributed by atoms with Crippen LogP contribution in [0.3, 0.4) is 0 Å². The molecule has 0 radical (unpaired) electrons. The van der Waals surface area contributed by atoms with Gasteiger partial charge in [0.05, 0.1) is 12.5 Å². The van der Waals surface area contributed by atoms with Gasteiger partial charge in [-0.05, 0) is 13.3 Å². The summed E-state index contributed by atoms with van der Waals surface area (Å²) in [5.41, 5.74) is 0. The molecule has 1 atom stereocenters. The highest BCUT2D eigenvalue weighted by molar-refractivity contribution is 5.68. The zero-order valence-corrected chi connectivity index (χ0v) is 8.97. The fraction of sp³-hybridized carbons (Fsp3) is 0.778. The van der Waals surface area contributed by atoms with Crippen molar-refractivity contribution in [3.8, 4) is 0 Å². The van der Waals surface area contributed by atoms with E-state index in [4.69, 9.17) is 15.5 Å². The van der Waals surface area contributed by atoms with Crippen molar-refractivity contribution in [3.63, 3.8) is 0 Å². The summed E-state index contributed by atoms with van der Waals surface area (Å²) in [5.74, 6) is -1.51. The molecule has 0 aromatic rings. The Morgan fingerprint density at radius 3 is 2.13 bits per heavy atom. The third-order valence-corrected chi connectivity index (χ3v) is 1.31. The second kappa shape index (κ2) is 10.9. The van der Waals surface area contributed by atoms with Crippen molar-refractivity contribution in [2.75, 3.05) is 0 Å². The number of aliphatic hydroxyl groups excluding tert-OH is 1. The van der Waals surface area contributed by atoms with Crippen molar-refractivity contribution < 1.29 is 29.9 Å². The van der Waals surface area contributed by atoms with Gasteiger partial charge in [-0.15, -0.1) is 0 Å². The van der Waals surface area contributed by atoms with Crippen LogP contribution in [0.15, 0.2) is 0 Å². The summed E-state index contributed by atoms with van der Waals surface area (Å²) in [6.45, 7) is 3.40. The van der Waals surface area contributed by atoms with Gasteiger partial charge in [0.25, 0.3) is 0 Å². The van der Waals surface area contributed by atoms with Crippen molar-refractivity contribution in [2.45, 2.75) is 45.6 Å². The molecule has 3 N–H and O–H groups in total. The summed E-state index contributed by atoms with van der Waals surface area (Å²) < 4.78 is 0. The summed E-state index contributed by atoms with van der Waals surface area (Å²) in [6.07, 6.45) is 1.14. The van der Waals surface area contributed by atoms with Crippen LogP contribution in [-0.2, 0) is 14.5 Å². The first-order chi connectivity index (χ1) is 6.93. The van der Waals surface area contributed by atoms with Gasteiger partial charge in [0.2, 0.25) is 0 Å². The molecule has 0 aromatic heterocycles. The number of rotatable bonds is 5. The van der Waals surface area contributed by atoms with E-state index in [0.717, 1.165) is 12.8 Å². The molecule has 0 heterocycles. The van der Waals surface area contributed by atoms with E-state index in [1.165, 1.54) is 6.92 Å². The Balaban J connectivity index is 0. The lowest BCUT2D eigenvalue weighted by Gasteiger charge is -1.94. The molecule has 0 spiro atoms. The van der Waals surface area contributed by atoms with Crippen LogP contribution in [0.25, 0.3) is 0 Å². The Morgan fingerprint density at radius 2 is 1.93 bits per heavy atom. The number of aliphatic carboxylic acids is 1. The Morgan fingerprint density at radius 1 is 1.40 bits per heavy atom. The first-order valence-electron chi connectivity index (χ1n) is 4.68. The van der Waals surface area contributed by atoms with Gasteiger partial charge < -0.3 is 15.1 Å². The van der Waals surface area contributed by atoms with Crippen LogP contribution in [0.1, 0.15) is 39.5 Å². The summed E-state index contributed by atoms with van der Waals surface area (Å²) in [4.78, 5) is 23.2. The number of hydrogen-bond acceptors (Lipinski definition) is 5. The predicted molar refractivity (Wildman–Crippen MR) is 52.2 cm³/mol. The molecule has 1 unspecified atom stereocenters. The average molecular weight is 222 g/mol. The number of carboxylic acids is 1. The minimum atomic E-state index is -0.963. The quantitative estimate of drug-likeness (QED) is 0.474. The maximum atomic E-state index is 10.1. The highest BCUT2D eigenvalue weighted by atomic mass is 17.1. The summed E-state index contributed by atoms with van der Waals surface area (Å²) in [7, 11) is 0. The largest absolute Gasteiger partial charge is 0.481 e. The number of carbonyl (C=O) groups is 2. The van der Waals surface area contributed by atoms with E-state index in [2.05, 4.69) is 4.89 Å². The molecule has 0 saturated carbocycles. The van der Waals surface area contributed by atoms with Crippen molar-refractivity contribution in [2.24, 2.45) is 0 Å². The van der Waals surface area contributed by atoms with Crippen LogP contribution >= 0.6 is 0 Å². The van der Waals surface area contributed by atoms with Gasteiger partial charge in [-0.25, -0.2) is 4.79 Å². The number of aliphatic hydroxyl groups is 1. The third-order valence-electron chi connectivity index (χ3n) is 1.31. The van der Waals surface area contributed by atoms with E-state index >= 15 is 0 Å². The Hall–Kier alpha value is -1.14. The normalized spacial score (nSPS) is 10.9. The van der Waals surface area contributed by atoms with Crippen LogP contribution in [0.2, 0.25) is 0 Å². The van der Waals surface area contributed by atoms with Gasteiger partial charge in [-0.3, -0.25) is 4.79 Å². The molecule has 0 saturated heterocycles. The predicted octanol–water partition coefficient (Wildman–Crippen LogP) is 1.03. The molecule has 0 amide bonds. The van der Waals surface area contributed by atoms with Crippen LogP contribution in [0.5, 0.6) is 0 Å².